The van der Waals surface area contributed by atoms with Crippen LogP contribution in [-0.2, 0) is 19.9 Å². The Balaban J connectivity index is 2.05. The molecule has 0 amide bonds. The van der Waals surface area contributed by atoms with Gasteiger partial charge in [0.05, 0.1) is 18.0 Å². The van der Waals surface area contributed by atoms with Crippen molar-refractivity contribution in [1.29, 1.82) is 0 Å². The van der Waals surface area contributed by atoms with Crippen molar-refractivity contribution >= 4 is 38.5 Å². The molecule has 0 saturated heterocycles. The van der Waals surface area contributed by atoms with Crippen molar-refractivity contribution in [3.8, 4) is 0 Å². The van der Waals surface area contributed by atoms with E-state index in [0.29, 0.717) is 11.8 Å². The zero-order valence-electron chi connectivity index (χ0n) is 19.5. The number of hydrogen-bond acceptors (Lipinski definition) is 1. The number of imidazole rings is 1. The van der Waals surface area contributed by atoms with Crippen LogP contribution >= 0.6 is 0 Å². The van der Waals surface area contributed by atoms with E-state index >= 15 is 0 Å². The van der Waals surface area contributed by atoms with Crippen LogP contribution in [0.1, 0.15) is 44.4 Å². The first-order valence-electron chi connectivity index (χ1n) is 11.5. The minimum Gasteiger partial charge on any atom is -0.255 e. The topological polar surface area (TPSA) is 21.2 Å². The van der Waals surface area contributed by atoms with Crippen molar-refractivity contribution in [2.45, 2.75) is 47.5 Å². The maximum absolute atomic E-state index is 4.90. The summed E-state index contributed by atoms with van der Waals surface area (Å²) in [7, 11) is 2.20. The fraction of sp³-hybridized carbons (Fsp3) is 0.357. The molecule has 3 aromatic heterocycles. The van der Waals surface area contributed by atoms with E-state index in [4.69, 9.17) is 4.98 Å². The molecule has 0 aliphatic heterocycles. The maximum atomic E-state index is 4.90. The summed E-state index contributed by atoms with van der Waals surface area (Å²) in [5.41, 5.74) is 10.3. The summed E-state index contributed by atoms with van der Waals surface area (Å²) in [6.07, 6.45) is 4.11. The maximum Gasteiger partial charge on any atom is 0.297 e. The number of pyridine rings is 2. The Bertz CT molecular complexity index is 1450. The van der Waals surface area contributed by atoms with Crippen molar-refractivity contribution in [1.82, 2.24) is 9.38 Å². The Morgan fingerprint density at radius 1 is 0.968 bits per heavy atom. The molecule has 5 rings (SSSR count). The van der Waals surface area contributed by atoms with Gasteiger partial charge >= 0.3 is 0 Å². The molecule has 0 bridgehead atoms. The lowest BCUT2D eigenvalue weighted by Crippen LogP contribution is -2.27. The molecule has 0 saturated carbocycles. The molecule has 0 aliphatic carbocycles. The second-order valence-corrected chi connectivity index (χ2v) is 9.90. The zero-order valence-corrected chi connectivity index (χ0v) is 19.5. The van der Waals surface area contributed by atoms with Crippen LogP contribution < -0.4 is 4.57 Å². The molecule has 0 aliphatic rings. The fourth-order valence-corrected chi connectivity index (χ4v) is 5.21. The summed E-state index contributed by atoms with van der Waals surface area (Å²) in [5.74, 6) is 1.24. The lowest BCUT2D eigenvalue weighted by molar-refractivity contribution is -0.617. The van der Waals surface area contributed by atoms with E-state index in [-0.39, 0.29) is 0 Å². The first-order valence-corrected chi connectivity index (χ1v) is 11.5. The third kappa shape index (κ3) is 3.10. The van der Waals surface area contributed by atoms with E-state index in [0.717, 1.165) is 18.4 Å². The van der Waals surface area contributed by atoms with Gasteiger partial charge in [-0.2, -0.15) is 4.40 Å². The summed E-state index contributed by atoms with van der Waals surface area (Å²) < 4.78 is 4.86. The highest BCUT2D eigenvalue weighted by Gasteiger charge is 2.26. The van der Waals surface area contributed by atoms with Crippen molar-refractivity contribution in [3.05, 3.63) is 65.4 Å². The van der Waals surface area contributed by atoms with Crippen LogP contribution in [0.5, 0.6) is 0 Å². The molecule has 5 aromatic rings. The van der Waals surface area contributed by atoms with E-state index in [1.807, 2.05) is 6.20 Å². The second kappa shape index (κ2) is 7.33. The normalized spacial score (nSPS) is 12.4. The molecule has 0 N–H and O–H groups in total. The number of fused-ring (bicyclic) bond motifs is 8. The van der Waals surface area contributed by atoms with Crippen molar-refractivity contribution in [3.63, 3.8) is 0 Å². The third-order valence-corrected chi connectivity index (χ3v) is 6.42. The van der Waals surface area contributed by atoms with Gasteiger partial charge in [-0.15, -0.1) is 0 Å². The number of aryl methyl sites for hydroxylation is 2. The highest BCUT2D eigenvalue weighted by Crippen LogP contribution is 2.34. The minimum atomic E-state index is 0.606. The zero-order chi connectivity index (χ0) is 21.9. The van der Waals surface area contributed by atoms with Gasteiger partial charge in [0.25, 0.3) is 5.65 Å². The van der Waals surface area contributed by atoms with Gasteiger partial charge in [0.15, 0.2) is 11.0 Å². The monoisotopic (exact) mass is 410 g/mol. The van der Waals surface area contributed by atoms with Gasteiger partial charge in [0, 0.05) is 17.1 Å². The van der Waals surface area contributed by atoms with Crippen LogP contribution in [0.15, 0.2) is 48.7 Å². The van der Waals surface area contributed by atoms with Crippen molar-refractivity contribution < 1.29 is 4.57 Å². The molecule has 0 radical (unpaired) electrons. The van der Waals surface area contributed by atoms with Crippen LogP contribution in [0, 0.1) is 18.8 Å². The molecule has 0 fully saturated rings. The van der Waals surface area contributed by atoms with E-state index in [9.17, 15) is 0 Å². The third-order valence-electron chi connectivity index (χ3n) is 6.42. The van der Waals surface area contributed by atoms with Gasteiger partial charge in [-0.05, 0) is 67.0 Å². The quantitative estimate of drug-likeness (QED) is 0.251. The SMILES string of the molecule is Cc1ccnc2c3cc(CC(C)C)ccc3n3c4c(CC(C)C)cccc4[n+](C)c3c12. The summed E-state index contributed by atoms with van der Waals surface area (Å²) >= 11 is 0. The predicted molar refractivity (Wildman–Crippen MR) is 131 cm³/mol. The number of hydrogen-bond donors (Lipinski definition) is 0. The van der Waals surface area contributed by atoms with Gasteiger partial charge in [-0.1, -0.05) is 45.9 Å². The standard InChI is InChI=1S/C28H32N3/c1-17(2)14-20-10-11-23-22(16-20)26-25(19(5)12-13-29-26)28-30(6)24-9-7-8-21(15-18(3)4)27(24)31(23)28/h7-13,16-18H,14-15H2,1-6H3/q+1. The lowest BCUT2D eigenvalue weighted by Gasteiger charge is -2.10. The summed E-state index contributed by atoms with van der Waals surface area (Å²) in [4.78, 5) is 4.90. The van der Waals surface area contributed by atoms with Crippen molar-refractivity contribution in [2.24, 2.45) is 18.9 Å². The van der Waals surface area contributed by atoms with E-state index in [1.165, 1.54) is 49.7 Å². The first kappa shape index (κ1) is 20.0. The molecule has 3 nitrogen and oxygen atoms in total. The fourth-order valence-electron chi connectivity index (χ4n) is 5.21. The van der Waals surface area contributed by atoms with Crippen LogP contribution in [0.2, 0.25) is 0 Å². The Morgan fingerprint density at radius 2 is 1.74 bits per heavy atom. The molecule has 3 heterocycles. The van der Waals surface area contributed by atoms with Crippen LogP contribution in [0.4, 0.5) is 0 Å². The molecule has 2 aromatic carbocycles. The van der Waals surface area contributed by atoms with Crippen LogP contribution in [-0.4, -0.2) is 9.38 Å². The molecule has 158 valence electrons. The number of aromatic nitrogens is 3. The molecule has 0 spiro atoms. The predicted octanol–water partition coefficient (Wildman–Crippen LogP) is 6.32. The second-order valence-electron chi connectivity index (χ2n) is 9.90. The average molecular weight is 411 g/mol. The highest BCUT2D eigenvalue weighted by molar-refractivity contribution is 6.12. The van der Waals surface area contributed by atoms with Crippen molar-refractivity contribution in [2.75, 3.05) is 0 Å². The highest BCUT2D eigenvalue weighted by atomic mass is 15.1. The molecular formula is C28H32N3+. The number of rotatable bonds is 4. The number of para-hydroxylation sites is 1. The van der Waals surface area contributed by atoms with Gasteiger partial charge in [-0.25, -0.2) is 4.57 Å². The molecule has 3 heteroatoms. The van der Waals surface area contributed by atoms with Gasteiger partial charge in [0.1, 0.15) is 5.52 Å². The Morgan fingerprint density at radius 3 is 2.48 bits per heavy atom. The van der Waals surface area contributed by atoms with E-state index in [2.05, 4.69) is 93.1 Å². The molecular weight excluding hydrogens is 378 g/mol. The Hall–Kier alpha value is -2.94. The molecule has 0 atom stereocenters. The van der Waals surface area contributed by atoms with E-state index in [1.54, 1.807) is 0 Å². The minimum absolute atomic E-state index is 0.606. The smallest absolute Gasteiger partial charge is 0.255 e. The van der Waals surface area contributed by atoms with Gasteiger partial charge < -0.3 is 0 Å². The van der Waals surface area contributed by atoms with Gasteiger partial charge in [-0.3, -0.25) is 4.98 Å². The molecule has 0 unspecified atom stereocenters. The Labute approximate surface area is 184 Å². The molecule has 31 heavy (non-hydrogen) atoms. The number of nitrogens with zero attached hydrogens (tertiary/aromatic N) is 3. The summed E-state index contributed by atoms with van der Waals surface area (Å²) in [5, 5.41) is 2.51. The largest absolute Gasteiger partial charge is 0.297 e. The summed E-state index contributed by atoms with van der Waals surface area (Å²) in [6.45, 7) is 11.4. The van der Waals surface area contributed by atoms with Crippen LogP contribution in [0.25, 0.3) is 38.5 Å². The average Bonchev–Trinajstić information content (AvgIpc) is 3.01. The van der Waals surface area contributed by atoms with Crippen LogP contribution in [0.3, 0.4) is 0 Å². The Kier molecular flexibility index (Phi) is 4.73. The van der Waals surface area contributed by atoms with Gasteiger partial charge in [0.2, 0.25) is 0 Å². The van der Waals surface area contributed by atoms with E-state index < -0.39 is 0 Å². The lowest BCUT2D eigenvalue weighted by atomic mass is 9.99. The first-order chi connectivity index (χ1) is 14.9. The number of benzene rings is 2. The summed E-state index contributed by atoms with van der Waals surface area (Å²) in [6, 6.07) is 15.9.